The molecular formula is C24H28N2O6S. The molecular weight excluding hydrogens is 444 g/mol. The minimum atomic E-state index is -3.73. The zero-order valence-corrected chi connectivity index (χ0v) is 19.5. The second kappa shape index (κ2) is 8.87. The molecule has 176 valence electrons. The van der Waals surface area contributed by atoms with Gasteiger partial charge in [-0.3, -0.25) is 4.79 Å². The topological polar surface area (TPSA) is 85.4 Å². The minimum absolute atomic E-state index is 0.0489. The van der Waals surface area contributed by atoms with E-state index in [1.807, 2.05) is 23.1 Å². The molecule has 3 aliphatic heterocycles. The van der Waals surface area contributed by atoms with Crippen LogP contribution in [0.15, 0.2) is 41.3 Å². The van der Waals surface area contributed by atoms with Crippen LogP contribution in [-0.2, 0) is 10.0 Å². The first-order chi connectivity index (χ1) is 16.0. The lowest BCUT2D eigenvalue weighted by Crippen LogP contribution is -2.31. The first kappa shape index (κ1) is 22.0. The van der Waals surface area contributed by atoms with Gasteiger partial charge in [-0.05, 0) is 61.6 Å². The monoisotopic (exact) mass is 472 g/mol. The molecule has 5 rings (SSSR count). The molecule has 2 aromatic carbocycles. The van der Waals surface area contributed by atoms with Gasteiger partial charge in [0, 0.05) is 25.2 Å². The van der Waals surface area contributed by atoms with Gasteiger partial charge in [0.2, 0.25) is 10.0 Å². The molecule has 3 aliphatic rings. The van der Waals surface area contributed by atoms with Crippen molar-refractivity contribution in [1.82, 2.24) is 9.21 Å². The molecule has 33 heavy (non-hydrogen) atoms. The molecule has 3 heterocycles. The summed E-state index contributed by atoms with van der Waals surface area (Å²) in [6.07, 6.45) is 3.39. The lowest BCUT2D eigenvalue weighted by Gasteiger charge is -2.27. The highest BCUT2D eigenvalue weighted by molar-refractivity contribution is 7.89. The average Bonchev–Trinajstić information content (AvgIpc) is 3.56. The van der Waals surface area contributed by atoms with Crippen LogP contribution in [0.4, 0.5) is 0 Å². The largest absolute Gasteiger partial charge is 0.495 e. The number of likely N-dealkylation sites (tertiary alicyclic amines) is 1. The van der Waals surface area contributed by atoms with Crippen LogP contribution in [0, 0.1) is 0 Å². The van der Waals surface area contributed by atoms with Gasteiger partial charge in [-0.15, -0.1) is 0 Å². The molecule has 2 saturated heterocycles. The van der Waals surface area contributed by atoms with Gasteiger partial charge in [0.15, 0.2) is 11.5 Å². The molecule has 8 nitrogen and oxygen atoms in total. The molecule has 0 spiro atoms. The van der Waals surface area contributed by atoms with E-state index in [9.17, 15) is 13.2 Å². The van der Waals surface area contributed by atoms with Crippen LogP contribution in [-0.4, -0.2) is 63.5 Å². The summed E-state index contributed by atoms with van der Waals surface area (Å²) in [5.41, 5.74) is 1.33. The number of amides is 1. The molecule has 2 fully saturated rings. The highest BCUT2D eigenvalue weighted by Crippen LogP contribution is 2.39. The number of benzene rings is 2. The van der Waals surface area contributed by atoms with Crippen molar-refractivity contribution in [2.45, 2.75) is 36.6 Å². The normalized spacial score (nSPS) is 20.8. The molecule has 0 N–H and O–H groups in total. The highest BCUT2D eigenvalue weighted by atomic mass is 32.2. The molecule has 1 amide bonds. The first-order valence-electron chi connectivity index (χ1n) is 11.4. The number of hydrogen-bond donors (Lipinski definition) is 0. The van der Waals surface area contributed by atoms with Gasteiger partial charge in [-0.2, -0.15) is 4.31 Å². The number of fused-ring (bicyclic) bond motifs is 1. The van der Waals surface area contributed by atoms with E-state index in [1.54, 1.807) is 12.1 Å². The lowest BCUT2D eigenvalue weighted by molar-refractivity contribution is 0.0735. The van der Waals surface area contributed by atoms with Crippen LogP contribution in [0.2, 0.25) is 0 Å². The zero-order valence-electron chi connectivity index (χ0n) is 18.7. The number of ether oxygens (including phenoxy) is 3. The van der Waals surface area contributed by atoms with Crippen LogP contribution in [0.1, 0.15) is 47.6 Å². The number of methoxy groups -OCH3 is 1. The van der Waals surface area contributed by atoms with Gasteiger partial charge >= 0.3 is 0 Å². The van der Waals surface area contributed by atoms with Gasteiger partial charge in [-0.1, -0.05) is 6.07 Å². The summed E-state index contributed by atoms with van der Waals surface area (Å²) in [5.74, 6) is 1.48. The Labute approximate surface area is 194 Å². The maximum Gasteiger partial charge on any atom is 0.254 e. The SMILES string of the molecule is COc1ccc(C(=O)N2CCC[C@H]2c2ccc3c(c2)OCCO3)cc1S(=O)(=O)N1CCCC1. The van der Waals surface area contributed by atoms with Crippen LogP contribution in [0.3, 0.4) is 0 Å². The Hall–Kier alpha value is -2.78. The quantitative estimate of drug-likeness (QED) is 0.664. The summed E-state index contributed by atoms with van der Waals surface area (Å²) in [4.78, 5) is 15.4. The summed E-state index contributed by atoms with van der Waals surface area (Å²) in [6, 6.07) is 10.4. The predicted molar refractivity (Wildman–Crippen MR) is 121 cm³/mol. The average molecular weight is 473 g/mol. The van der Waals surface area contributed by atoms with Crippen LogP contribution in [0.25, 0.3) is 0 Å². The van der Waals surface area contributed by atoms with Crippen molar-refractivity contribution in [1.29, 1.82) is 0 Å². The van der Waals surface area contributed by atoms with Crippen molar-refractivity contribution in [3.05, 3.63) is 47.5 Å². The van der Waals surface area contributed by atoms with E-state index < -0.39 is 10.0 Å². The minimum Gasteiger partial charge on any atom is -0.495 e. The highest BCUT2D eigenvalue weighted by Gasteiger charge is 2.34. The van der Waals surface area contributed by atoms with E-state index in [1.165, 1.54) is 17.5 Å². The fourth-order valence-corrected chi connectivity index (χ4v) is 6.57. The van der Waals surface area contributed by atoms with Crippen LogP contribution >= 0.6 is 0 Å². The number of nitrogens with zero attached hydrogens (tertiary/aromatic N) is 2. The number of carbonyl (C=O) groups excluding carboxylic acids is 1. The van der Waals surface area contributed by atoms with E-state index in [2.05, 4.69) is 0 Å². The molecule has 0 aliphatic carbocycles. The third-order valence-electron chi connectivity index (χ3n) is 6.56. The fourth-order valence-electron chi connectivity index (χ4n) is 4.87. The Bertz CT molecular complexity index is 1160. The van der Waals surface area contributed by atoms with Gasteiger partial charge in [0.1, 0.15) is 23.9 Å². The molecule has 0 unspecified atom stereocenters. The zero-order chi connectivity index (χ0) is 23.0. The maximum atomic E-state index is 13.5. The molecule has 0 radical (unpaired) electrons. The lowest BCUT2D eigenvalue weighted by atomic mass is 10.0. The summed E-state index contributed by atoms with van der Waals surface area (Å²) in [6.45, 7) is 2.62. The summed E-state index contributed by atoms with van der Waals surface area (Å²) < 4.78 is 44.6. The van der Waals surface area contributed by atoms with Gasteiger partial charge in [0.25, 0.3) is 5.91 Å². The molecule has 0 saturated carbocycles. The van der Waals surface area contributed by atoms with Crippen molar-refractivity contribution in [2.24, 2.45) is 0 Å². The summed E-state index contributed by atoms with van der Waals surface area (Å²) >= 11 is 0. The third-order valence-corrected chi connectivity index (χ3v) is 8.48. The van der Waals surface area contributed by atoms with Crippen molar-refractivity contribution in [3.63, 3.8) is 0 Å². The number of rotatable bonds is 5. The van der Waals surface area contributed by atoms with Gasteiger partial charge < -0.3 is 19.1 Å². The number of carbonyl (C=O) groups is 1. The second-order valence-electron chi connectivity index (χ2n) is 8.54. The molecule has 0 aromatic heterocycles. The van der Waals surface area contributed by atoms with E-state index in [-0.39, 0.29) is 22.6 Å². The van der Waals surface area contributed by atoms with Crippen LogP contribution in [0.5, 0.6) is 17.2 Å². The Balaban J connectivity index is 1.45. The Morgan fingerprint density at radius 1 is 0.970 bits per heavy atom. The third kappa shape index (κ3) is 4.04. The molecule has 1 atom stereocenters. The summed E-state index contributed by atoms with van der Waals surface area (Å²) in [5, 5.41) is 0. The van der Waals surface area contributed by atoms with Crippen LogP contribution < -0.4 is 14.2 Å². The summed E-state index contributed by atoms with van der Waals surface area (Å²) in [7, 11) is -2.29. The Kier molecular flexibility index (Phi) is 5.92. The second-order valence-corrected chi connectivity index (χ2v) is 10.4. The number of sulfonamides is 1. The van der Waals surface area contributed by atoms with Crippen molar-refractivity contribution in [2.75, 3.05) is 40.0 Å². The Morgan fingerprint density at radius 2 is 1.73 bits per heavy atom. The molecule has 2 aromatic rings. The number of hydrogen-bond acceptors (Lipinski definition) is 6. The molecule has 9 heteroatoms. The van der Waals surface area contributed by atoms with E-state index in [0.717, 1.165) is 31.2 Å². The molecule has 0 bridgehead atoms. The predicted octanol–water partition coefficient (Wildman–Crippen LogP) is 3.23. The first-order valence-corrected chi connectivity index (χ1v) is 12.8. The van der Waals surface area contributed by atoms with E-state index in [0.29, 0.717) is 49.9 Å². The van der Waals surface area contributed by atoms with Gasteiger partial charge in [-0.25, -0.2) is 8.42 Å². The van der Waals surface area contributed by atoms with Crippen molar-refractivity contribution in [3.8, 4) is 17.2 Å². The van der Waals surface area contributed by atoms with E-state index in [4.69, 9.17) is 14.2 Å². The smallest absolute Gasteiger partial charge is 0.254 e. The standard InChI is InChI=1S/C24H28N2O6S/c1-30-21-9-7-18(16-23(21)33(28,29)25-10-2-3-11-25)24(27)26-12-4-5-19(26)17-6-8-20-22(15-17)32-14-13-31-20/h6-9,15-16,19H,2-5,10-14H2,1H3/t19-/m0/s1. The van der Waals surface area contributed by atoms with Crippen molar-refractivity contribution >= 4 is 15.9 Å². The Morgan fingerprint density at radius 3 is 2.48 bits per heavy atom. The van der Waals surface area contributed by atoms with E-state index >= 15 is 0 Å². The van der Waals surface area contributed by atoms with Crippen molar-refractivity contribution < 1.29 is 27.4 Å². The van der Waals surface area contributed by atoms with Gasteiger partial charge in [0.05, 0.1) is 13.2 Å². The fraction of sp³-hybridized carbons (Fsp3) is 0.458. The maximum absolute atomic E-state index is 13.5.